The van der Waals surface area contributed by atoms with Crippen molar-refractivity contribution >= 4 is 0 Å². The lowest BCUT2D eigenvalue weighted by Crippen LogP contribution is -2.41. The Morgan fingerprint density at radius 1 is 1.12 bits per heavy atom. The summed E-state index contributed by atoms with van der Waals surface area (Å²) in [5.74, 6) is 2.75. The van der Waals surface area contributed by atoms with Crippen LogP contribution >= 0.6 is 0 Å². The SMILES string of the molecule is CCNC(CC(C)(C)C)C1CCC(C)C(C)C1. The van der Waals surface area contributed by atoms with Gasteiger partial charge < -0.3 is 5.32 Å². The molecule has 0 heterocycles. The highest BCUT2D eigenvalue weighted by Crippen LogP contribution is 2.37. The van der Waals surface area contributed by atoms with Crippen LogP contribution in [0.1, 0.15) is 67.2 Å². The molecule has 1 N–H and O–H groups in total. The molecular formula is C16H33N. The van der Waals surface area contributed by atoms with Crippen molar-refractivity contribution in [1.29, 1.82) is 0 Å². The first-order chi connectivity index (χ1) is 7.83. The van der Waals surface area contributed by atoms with Crippen LogP contribution < -0.4 is 5.32 Å². The molecule has 1 fully saturated rings. The summed E-state index contributed by atoms with van der Waals surface area (Å²) in [6, 6.07) is 0.731. The lowest BCUT2D eigenvalue weighted by molar-refractivity contribution is 0.146. The van der Waals surface area contributed by atoms with E-state index in [0.29, 0.717) is 5.41 Å². The molecule has 0 saturated heterocycles. The summed E-state index contributed by atoms with van der Waals surface area (Å²) in [5.41, 5.74) is 0.444. The normalized spacial score (nSPS) is 32.5. The summed E-state index contributed by atoms with van der Waals surface area (Å²) >= 11 is 0. The van der Waals surface area contributed by atoms with E-state index < -0.39 is 0 Å². The fourth-order valence-corrected chi connectivity index (χ4v) is 3.28. The topological polar surface area (TPSA) is 12.0 Å². The zero-order valence-corrected chi connectivity index (χ0v) is 12.8. The van der Waals surface area contributed by atoms with Crippen LogP contribution in [-0.2, 0) is 0 Å². The molecule has 17 heavy (non-hydrogen) atoms. The summed E-state index contributed by atoms with van der Waals surface area (Å²) in [6.45, 7) is 15.3. The molecule has 4 unspecified atom stereocenters. The highest BCUT2D eigenvalue weighted by atomic mass is 14.9. The average molecular weight is 239 g/mol. The third-order valence-corrected chi connectivity index (χ3v) is 4.51. The lowest BCUT2D eigenvalue weighted by Gasteiger charge is -2.39. The van der Waals surface area contributed by atoms with Crippen molar-refractivity contribution in [3.63, 3.8) is 0 Å². The van der Waals surface area contributed by atoms with Gasteiger partial charge >= 0.3 is 0 Å². The Labute approximate surface area is 109 Å². The average Bonchev–Trinajstić information content (AvgIpc) is 2.19. The number of nitrogens with one attached hydrogen (secondary N) is 1. The summed E-state index contributed by atoms with van der Waals surface area (Å²) in [4.78, 5) is 0. The molecule has 0 aromatic heterocycles. The van der Waals surface area contributed by atoms with E-state index in [1.54, 1.807) is 0 Å². The fraction of sp³-hybridized carbons (Fsp3) is 1.00. The largest absolute Gasteiger partial charge is 0.314 e. The quantitative estimate of drug-likeness (QED) is 0.763. The Kier molecular flexibility index (Phi) is 5.50. The number of hydrogen-bond acceptors (Lipinski definition) is 1. The molecule has 1 rings (SSSR count). The van der Waals surface area contributed by atoms with E-state index >= 15 is 0 Å². The Balaban J connectivity index is 2.58. The van der Waals surface area contributed by atoms with Crippen molar-refractivity contribution in [2.45, 2.75) is 73.3 Å². The molecular weight excluding hydrogens is 206 g/mol. The van der Waals surface area contributed by atoms with E-state index in [1.807, 2.05) is 0 Å². The van der Waals surface area contributed by atoms with E-state index in [4.69, 9.17) is 0 Å². The Hall–Kier alpha value is -0.0400. The van der Waals surface area contributed by atoms with Crippen molar-refractivity contribution < 1.29 is 0 Å². The van der Waals surface area contributed by atoms with Crippen LogP contribution in [0.25, 0.3) is 0 Å². The molecule has 1 heteroatoms. The molecule has 1 aliphatic carbocycles. The second-order valence-corrected chi connectivity index (χ2v) is 7.46. The molecule has 0 aromatic carbocycles. The van der Waals surface area contributed by atoms with Crippen molar-refractivity contribution in [2.24, 2.45) is 23.2 Å². The minimum Gasteiger partial charge on any atom is -0.314 e. The second kappa shape index (κ2) is 6.22. The maximum atomic E-state index is 3.74. The van der Waals surface area contributed by atoms with Crippen LogP contribution in [0, 0.1) is 23.2 Å². The minimum atomic E-state index is 0.444. The highest BCUT2D eigenvalue weighted by molar-refractivity contribution is 4.86. The minimum absolute atomic E-state index is 0.444. The van der Waals surface area contributed by atoms with Gasteiger partial charge in [-0.1, -0.05) is 48.0 Å². The first-order valence-electron chi connectivity index (χ1n) is 7.57. The maximum absolute atomic E-state index is 3.74. The number of hydrogen-bond donors (Lipinski definition) is 1. The molecule has 0 aromatic rings. The first kappa shape index (κ1) is 15.0. The van der Waals surface area contributed by atoms with E-state index in [2.05, 4.69) is 46.9 Å². The highest BCUT2D eigenvalue weighted by Gasteiger charge is 2.31. The molecule has 0 spiro atoms. The standard InChI is InChI=1S/C16H33N/c1-7-17-15(11-16(4,5)6)14-9-8-12(2)13(3)10-14/h12-15,17H,7-11H2,1-6H3. The van der Waals surface area contributed by atoms with Gasteiger partial charge in [0.25, 0.3) is 0 Å². The monoisotopic (exact) mass is 239 g/mol. The zero-order chi connectivity index (χ0) is 13.1. The van der Waals surface area contributed by atoms with Crippen LogP contribution in [-0.4, -0.2) is 12.6 Å². The van der Waals surface area contributed by atoms with Gasteiger partial charge in [0.15, 0.2) is 0 Å². The van der Waals surface area contributed by atoms with Crippen LogP contribution in [0.3, 0.4) is 0 Å². The Morgan fingerprint density at radius 3 is 2.24 bits per heavy atom. The van der Waals surface area contributed by atoms with Gasteiger partial charge in [0.1, 0.15) is 0 Å². The van der Waals surface area contributed by atoms with Gasteiger partial charge in [0.05, 0.1) is 0 Å². The third kappa shape index (κ3) is 4.99. The van der Waals surface area contributed by atoms with Crippen LogP contribution in [0.2, 0.25) is 0 Å². The van der Waals surface area contributed by atoms with Gasteiger partial charge in [-0.3, -0.25) is 0 Å². The molecule has 0 aliphatic heterocycles. The maximum Gasteiger partial charge on any atom is 0.0100 e. The smallest absolute Gasteiger partial charge is 0.0100 e. The van der Waals surface area contributed by atoms with Crippen molar-refractivity contribution in [2.75, 3.05) is 6.54 Å². The van der Waals surface area contributed by atoms with Crippen molar-refractivity contribution in [1.82, 2.24) is 5.32 Å². The Bertz CT molecular complexity index is 216. The van der Waals surface area contributed by atoms with Crippen molar-refractivity contribution in [3.8, 4) is 0 Å². The van der Waals surface area contributed by atoms with Crippen LogP contribution in [0.5, 0.6) is 0 Å². The van der Waals surface area contributed by atoms with Gasteiger partial charge in [-0.2, -0.15) is 0 Å². The molecule has 0 bridgehead atoms. The summed E-state index contributed by atoms with van der Waals surface area (Å²) < 4.78 is 0. The lowest BCUT2D eigenvalue weighted by atomic mass is 9.70. The molecule has 1 nitrogen and oxygen atoms in total. The zero-order valence-electron chi connectivity index (χ0n) is 12.8. The van der Waals surface area contributed by atoms with Gasteiger partial charge in [-0.05, 0) is 49.0 Å². The van der Waals surface area contributed by atoms with Crippen LogP contribution in [0.15, 0.2) is 0 Å². The van der Waals surface area contributed by atoms with E-state index in [-0.39, 0.29) is 0 Å². The molecule has 1 aliphatic rings. The second-order valence-electron chi connectivity index (χ2n) is 7.46. The molecule has 0 amide bonds. The van der Waals surface area contributed by atoms with Crippen LogP contribution in [0.4, 0.5) is 0 Å². The predicted molar refractivity (Wildman–Crippen MR) is 77.2 cm³/mol. The predicted octanol–water partition coefficient (Wildman–Crippen LogP) is 4.47. The van der Waals surface area contributed by atoms with E-state index in [1.165, 1.54) is 25.7 Å². The van der Waals surface area contributed by atoms with E-state index in [0.717, 1.165) is 30.3 Å². The fourth-order valence-electron chi connectivity index (χ4n) is 3.28. The summed E-state index contributed by atoms with van der Waals surface area (Å²) in [7, 11) is 0. The molecule has 0 radical (unpaired) electrons. The molecule has 4 atom stereocenters. The summed E-state index contributed by atoms with van der Waals surface area (Å²) in [5, 5.41) is 3.74. The number of rotatable bonds is 4. The van der Waals surface area contributed by atoms with Gasteiger partial charge in [0, 0.05) is 6.04 Å². The first-order valence-corrected chi connectivity index (χ1v) is 7.57. The third-order valence-electron chi connectivity index (χ3n) is 4.51. The van der Waals surface area contributed by atoms with Gasteiger partial charge in [-0.15, -0.1) is 0 Å². The Morgan fingerprint density at radius 2 is 1.76 bits per heavy atom. The molecule has 1 saturated carbocycles. The van der Waals surface area contributed by atoms with E-state index in [9.17, 15) is 0 Å². The van der Waals surface area contributed by atoms with Crippen molar-refractivity contribution in [3.05, 3.63) is 0 Å². The van der Waals surface area contributed by atoms with Gasteiger partial charge in [0.2, 0.25) is 0 Å². The summed E-state index contributed by atoms with van der Waals surface area (Å²) in [6.07, 6.45) is 5.60. The molecule has 102 valence electrons. The van der Waals surface area contributed by atoms with Gasteiger partial charge in [-0.25, -0.2) is 0 Å².